The van der Waals surface area contributed by atoms with E-state index < -0.39 is 0 Å². The number of amides is 2. The van der Waals surface area contributed by atoms with E-state index in [0.717, 1.165) is 48.4 Å². The second kappa shape index (κ2) is 10.0. The second-order valence-corrected chi connectivity index (χ2v) is 7.87. The Labute approximate surface area is 183 Å². The highest BCUT2D eigenvalue weighted by molar-refractivity contribution is 5.96. The maximum Gasteiger partial charge on any atom is 0.238 e. The van der Waals surface area contributed by atoms with Crippen molar-refractivity contribution in [3.63, 3.8) is 0 Å². The van der Waals surface area contributed by atoms with Crippen molar-refractivity contribution in [2.24, 2.45) is 5.92 Å². The van der Waals surface area contributed by atoms with Gasteiger partial charge in [0.25, 0.3) is 0 Å². The van der Waals surface area contributed by atoms with Gasteiger partial charge < -0.3 is 10.6 Å². The van der Waals surface area contributed by atoms with Crippen LogP contribution in [0.4, 0.5) is 11.4 Å². The molecular weight excluding hydrogens is 386 g/mol. The molecule has 3 aromatic rings. The summed E-state index contributed by atoms with van der Waals surface area (Å²) in [5.41, 5.74) is 3.72. The van der Waals surface area contributed by atoms with Gasteiger partial charge in [-0.05, 0) is 49.7 Å². The lowest BCUT2D eigenvalue weighted by atomic mass is 9.95. The molecule has 1 saturated heterocycles. The number of carbonyl (C=O) groups is 2. The molecule has 1 fully saturated rings. The Kier molecular flexibility index (Phi) is 6.75. The lowest BCUT2D eigenvalue weighted by Gasteiger charge is -2.30. The first-order chi connectivity index (χ1) is 15.2. The highest BCUT2D eigenvalue weighted by atomic mass is 16.2. The first kappa shape index (κ1) is 20.8. The number of nitrogens with zero attached hydrogens (tertiary/aromatic N) is 1. The molecule has 31 heavy (non-hydrogen) atoms. The first-order valence-corrected chi connectivity index (χ1v) is 10.7. The number of para-hydroxylation sites is 2. The summed E-state index contributed by atoms with van der Waals surface area (Å²) in [7, 11) is 0. The summed E-state index contributed by atoms with van der Waals surface area (Å²) in [6.45, 7) is 1.80. The molecule has 1 aliphatic heterocycles. The topological polar surface area (TPSA) is 61.4 Å². The Bertz CT molecular complexity index is 1010. The summed E-state index contributed by atoms with van der Waals surface area (Å²) < 4.78 is 0. The maximum atomic E-state index is 12.7. The number of carbonyl (C=O) groups excluding carboxylic acids is 2. The SMILES string of the molecule is O=C(CN1CCC(C(=O)Nc2ccccc2)CC1)Nc1ccccc1-c1ccccc1. The number of hydrogen-bond donors (Lipinski definition) is 2. The number of anilines is 2. The molecule has 2 N–H and O–H groups in total. The van der Waals surface area contributed by atoms with Gasteiger partial charge in [-0.2, -0.15) is 0 Å². The first-order valence-electron chi connectivity index (χ1n) is 10.7. The Balaban J connectivity index is 1.29. The third kappa shape index (κ3) is 5.58. The van der Waals surface area contributed by atoms with Crippen LogP contribution >= 0.6 is 0 Å². The van der Waals surface area contributed by atoms with Crippen LogP contribution in [0.1, 0.15) is 12.8 Å². The molecule has 5 nitrogen and oxygen atoms in total. The number of likely N-dealkylation sites (tertiary alicyclic amines) is 1. The van der Waals surface area contributed by atoms with Gasteiger partial charge in [0.2, 0.25) is 11.8 Å². The predicted octanol–water partition coefficient (Wildman–Crippen LogP) is 4.64. The zero-order chi connectivity index (χ0) is 21.5. The van der Waals surface area contributed by atoms with E-state index in [1.807, 2.05) is 84.9 Å². The lowest BCUT2D eigenvalue weighted by Crippen LogP contribution is -2.41. The summed E-state index contributed by atoms with van der Waals surface area (Å²) in [5.74, 6) is 0.0148. The minimum absolute atomic E-state index is 0.0154. The average Bonchev–Trinajstić information content (AvgIpc) is 2.81. The highest BCUT2D eigenvalue weighted by Gasteiger charge is 2.26. The van der Waals surface area contributed by atoms with Gasteiger partial charge in [-0.1, -0.05) is 66.7 Å². The summed E-state index contributed by atoms with van der Waals surface area (Å²) in [6.07, 6.45) is 1.51. The van der Waals surface area contributed by atoms with Crippen molar-refractivity contribution >= 4 is 23.2 Å². The summed E-state index contributed by atoms with van der Waals surface area (Å²) in [6, 6.07) is 27.4. The van der Waals surface area contributed by atoms with Crippen molar-refractivity contribution in [3.8, 4) is 11.1 Å². The van der Waals surface area contributed by atoms with E-state index in [9.17, 15) is 9.59 Å². The van der Waals surface area contributed by atoms with Gasteiger partial charge in [-0.25, -0.2) is 0 Å². The Morgan fingerprint density at radius 1 is 0.774 bits per heavy atom. The third-order valence-corrected chi connectivity index (χ3v) is 5.65. The van der Waals surface area contributed by atoms with Crippen molar-refractivity contribution in [1.29, 1.82) is 0 Å². The Morgan fingerprint density at radius 3 is 2.10 bits per heavy atom. The second-order valence-electron chi connectivity index (χ2n) is 7.87. The minimum atomic E-state index is -0.0319. The molecule has 158 valence electrons. The Hall–Kier alpha value is -3.44. The fourth-order valence-electron chi connectivity index (χ4n) is 3.97. The van der Waals surface area contributed by atoms with E-state index in [4.69, 9.17) is 0 Å². The lowest BCUT2D eigenvalue weighted by molar-refractivity contribution is -0.121. The molecule has 0 bridgehead atoms. The standard InChI is InChI=1S/C26H27N3O2/c30-25(28-24-14-8-7-13-23(24)20-9-3-1-4-10-20)19-29-17-15-21(16-18-29)26(31)27-22-11-5-2-6-12-22/h1-14,21H,15-19H2,(H,27,31)(H,28,30). The van der Waals surface area contributed by atoms with Crippen molar-refractivity contribution in [3.05, 3.63) is 84.9 Å². The average molecular weight is 414 g/mol. The summed E-state index contributed by atoms with van der Waals surface area (Å²) >= 11 is 0. The molecule has 5 heteroatoms. The van der Waals surface area contributed by atoms with E-state index in [-0.39, 0.29) is 17.7 Å². The van der Waals surface area contributed by atoms with Gasteiger partial charge in [0.15, 0.2) is 0 Å². The van der Waals surface area contributed by atoms with Crippen LogP contribution < -0.4 is 10.6 Å². The van der Waals surface area contributed by atoms with Crippen LogP contribution in [0.25, 0.3) is 11.1 Å². The van der Waals surface area contributed by atoms with Crippen LogP contribution in [0.15, 0.2) is 84.9 Å². The van der Waals surface area contributed by atoms with Crippen molar-refractivity contribution in [2.45, 2.75) is 12.8 Å². The van der Waals surface area contributed by atoms with E-state index in [0.29, 0.717) is 6.54 Å². The molecule has 4 rings (SSSR count). The summed E-state index contributed by atoms with van der Waals surface area (Å²) in [5, 5.41) is 6.05. The fraction of sp³-hybridized carbons (Fsp3) is 0.231. The molecule has 2 amide bonds. The third-order valence-electron chi connectivity index (χ3n) is 5.65. The molecule has 0 spiro atoms. The highest BCUT2D eigenvalue weighted by Crippen LogP contribution is 2.27. The van der Waals surface area contributed by atoms with Crippen LogP contribution in [-0.2, 0) is 9.59 Å². The van der Waals surface area contributed by atoms with Gasteiger partial charge in [0, 0.05) is 22.9 Å². The minimum Gasteiger partial charge on any atom is -0.326 e. The molecule has 0 aromatic heterocycles. The van der Waals surface area contributed by atoms with E-state index in [1.54, 1.807) is 0 Å². The molecule has 0 atom stereocenters. The van der Waals surface area contributed by atoms with Crippen LogP contribution in [0.3, 0.4) is 0 Å². The zero-order valence-electron chi connectivity index (χ0n) is 17.5. The van der Waals surface area contributed by atoms with Gasteiger partial charge in [0.1, 0.15) is 0 Å². The Morgan fingerprint density at radius 2 is 1.39 bits per heavy atom. The molecule has 0 aliphatic carbocycles. The largest absolute Gasteiger partial charge is 0.326 e. The van der Waals surface area contributed by atoms with Crippen LogP contribution in [0.5, 0.6) is 0 Å². The maximum absolute atomic E-state index is 12.7. The van der Waals surface area contributed by atoms with Crippen LogP contribution in [-0.4, -0.2) is 36.3 Å². The molecule has 0 radical (unpaired) electrons. The molecule has 3 aromatic carbocycles. The van der Waals surface area contributed by atoms with Gasteiger partial charge >= 0.3 is 0 Å². The fourth-order valence-corrected chi connectivity index (χ4v) is 3.97. The van der Waals surface area contributed by atoms with E-state index in [1.165, 1.54) is 0 Å². The molecule has 1 heterocycles. The van der Waals surface area contributed by atoms with E-state index in [2.05, 4.69) is 15.5 Å². The van der Waals surface area contributed by atoms with Crippen molar-refractivity contribution < 1.29 is 9.59 Å². The van der Waals surface area contributed by atoms with E-state index >= 15 is 0 Å². The number of piperidine rings is 1. The zero-order valence-corrected chi connectivity index (χ0v) is 17.5. The monoisotopic (exact) mass is 413 g/mol. The molecule has 1 aliphatic rings. The quantitative estimate of drug-likeness (QED) is 0.619. The number of nitrogens with one attached hydrogen (secondary N) is 2. The smallest absolute Gasteiger partial charge is 0.238 e. The summed E-state index contributed by atoms with van der Waals surface area (Å²) in [4.78, 5) is 27.3. The predicted molar refractivity (Wildman–Crippen MR) is 125 cm³/mol. The van der Waals surface area contributed by atoms with Crippen LogP contribution in [0.2, 0.25) is 0 Å². The number of hydrogen-bond acceptors (Lipinski definition) is 3. The number of rotatable bonds is 6. The molecular formula is C26H27N3O2. The van der Waals surface area contributed by atoms with Crippen LogP contribution in [0, 0.1) is 5.92 Å². The van der Waals surface area contributed by atoms with Crippen molar-refractivity contribution in [2.75, 3.05) is 30.3 Å². The van der Waals surface area contributed by atoms with Gasteiger partial charge in [-0.15, -0.1) is 0 Å². The molecule has 0 saturated carbocycles. The van der Waals surface area contributed by atoms with Gasteiger partial charge in [0.05, 0.1) is 6.54 Å². The number of benzene rings is 3. The van der Waals surface area contributed by atoms with Gasteiger partial charge in [-0.3, -0.25) is 14.5 Å². The molecule has 0 unspecified atom stereocenters. The normalized spacial score (nSPS) is 14.7. The van der Waals surface area contributed by atoms with Crippen molar-refractivity contribution in [1.82, 2.24) is 4.90 Å².